The zero-order chi connectivity index (χ0) is 22.5. The Balaban J connectivity index is 2.22. The molecule has 0 saturated carbocycles. The van der Waals surface area contributed by atoms with Gasteiger partial charge in [-0.2, -0.15) is 4.72 Å². The first kappa shape index (κ1) is 23.0. The maximum Gasteiger partial charge on any atom is 0.337 e. The van der Waals surface area contributed by atoms with E-state index in [0.29, 0.717) is 0 Å². The molecule has 0 aliphatic heterocycles. The predicted molar refractivity (Wildman–Crippen MR) is 109 cm³/mol. The smallest absolute Gasteiger partial charge is 0.337 e. The van der Waals surface area contributed by atoms with Crippen molar-refractivity contribution in [1.82, 2.24) is 4.72 Å². The van der Waals surface area contributed by atoms with Crippen molar-refractivity contribution in [2.45, 2.75) is 24.8 Å². The van der Waals surface area contributed by atoms with Crippen LogP contribution in [0.2, 0.25) is 0 Å². The highest BCUT2D eigenvalue weighted by Crippen LogP contribution is 2.18. The Hall–Kier alpha value is -3.24. The first-order valence-electron chi connectivity index (χ1n) is 8.79. The van der Waals surface area contributed by atoms with Crippen molar-refractivity contribution < 1.29 is 32.3 Å². The van der Waals surface area contributed by atoms with Crippen LogP contribution in [-0.2, 0) is 24.3 Å². The summed E-state index contributed by atoms with van der Waals surface area (Å²) in [6, 6.07) is 8.89. The van der Waals surface area contributed by atoms with Gasteiger partial charge in [0.05, 0.1) is 36.3 Å². The predicted octanol–water partition coefficient (Wildman–Crippen LogP) is 1.87. The van der Waals surface area contributed by atoms with Crippen LogP contribution >= 0.6 is 0 Å². The maximum atomic E-state index is 12.5. The zero-order valence-electron chi connectivity index (χ0n) is 16.9. The monoisotopic (exact) mass is 434 g/mol. The van der Waals surface area contributed by atoms with Gasteiger partial charge in [0.15, 0.2) is 0 Å². The number of hydrogen-bond acceptors (Lipinski definition) is 7. The summed E-state index contributed by atoms with van der Waals surface area (Å²) >= 11 is 0. The van der Waals surface area contributed by atoms with Crippen molar-refractivity contribution >= 4 is 33.6 Å². The minimum absolute atomic E-state index is 0.0172. The summed E-state index contributed by atoms with van der Waals surface area (Å²) < 4.78 is 36.5. The van der Waals surface area contributed by atoms with Crippen LogP contribution in [0.4, 0.5) is 5.69 Å². The van der Waals surface area contributed by atoms with Gasteiger partial charge in [0, 0.05) is 5.69 Å². The van der Waals surface area contributed by atoms with Crippen LogP contribution in [0.5, 0.6) is 0 Å². The quantitative estimate of drug-likeness (QED) is 0.637. The number of rotatable bonds is 7. The molecule has 0 fully saturated rings. The molecular formula is C20H22N2O7S. The minimum Gasteiger partial charge on any atom is -0.465 e. The number of ether oxygens (including phenoxy) is 2. The number of carbonyl (C=O) groups is 3. The van der Waals surface area contributed by atoms with Gasteiger partial charge in [-0.25, -0.2) is 18.0 Å². The molecule has 0 heterocycles. The van der Waals surface area contributed by atoms with E-state index in [1.165, 1.54) is 51.5 Å². The van der Waals surface area contributed by atoms with Gasteiger partial charge in [0.25, 0.3) is 0 Å². The van der Waals surface area contributed by atoms with Crippen molar-refractivity contribution in [3.05, 3.63) is 59.2 Å². The number of methoxy groups -OCH3 is 2. The lowest BCUT2D eigenvalue weighted by molar-refractivity contribution is -0.117. The third-order valence-electron chi connectivity index (χ3n) is 4.10. The molecule has 2 aromatic carbocycles. The molecule has 10 heteroatoms. The molecule has 0 aromatic heterocycles. The second-order valence-electron chi connectivity index (χ2n) is 6.43. The number of benzene rings is 2. The molecule has 1 amide bonds. The van der Waals surface area contributed by atoms with Crippen LogP contribution in [0.15, 0.2) is 47.4 Å². The molecule has 0 saturated heterocycles. The Labute approximate surface area is 174 Å². The van der Waals surface area contributed by atoms with Crippen molar-refractivity contribution in [3.8, 4) is 0 Å². The lowest BCUT2D eigenvalue weighted by Gasteiger charge is -2.15. The Bertz CT molecular complexity index is 1030. The van der Waals surface area contributed by atoms with E-state index in [-0.39, 0.29) is 21.7 Å². The average molecular weight is 434 g/mol. The first-order chi connectivity index (χ1) is 14.1. The Morgan fingerprint density at radius 2 is 1.40 bits per heavy atom. The number of carbonyl (C=O) groups excluding carboxylic acids is 3. The number of amides is 1. The molecule has 0 aliphatic rings. The van der Waals surface area contributed by atoms with Gasteiger partial charge in [0.2, 0.25) is 15.9 Å². The SMILES string of the molecule is COC(=O)c1cc(NC(=O)[C@H](C)NS(=O)(=O)c2ccc(C)cc2)cc(C(=O)OC)c1. The Morgan fingerprint density at radius 1 is 0.900 bits per heavy atom. The van der Waals surface area contributed by atoms with Crippen LogP contribution in [0.25, 0.3) is 0 Å². The van der Waals surface area contributed by atoms with Gasteiger partial charge in [-0.15, -0.1) is 0 Å². The summed E-state index contributed by atoms with van der Waals surface area (Å²) in [4.78, 5) is 36.2. The van der Waals surface area contributed by atoms with E-state index in [2.05, 4.69) is 19.5 Å². The van der Waals surface area contributed by atoms with Crippen LogP contribution in [0.1, 0.15) is 33.2 Å². The zero-order valence-corrected chi connectivity index (χ0v) is 17.7. The Morgan fingerprint density at radius 3 is 1.87 bits per heavy atom. The lowest BCUT2D eigenvalue weighted by atomic mass is 10.1. The standard InChI is InChI=1S/C20H22N2O7S/c1-12-5-7-17(8-6-12)30(26,27)22-13(2)18(23)21-16-10-14(19(24)28-3)9-15(11-16)20(25)29-4/h5-11,13,22H,1-4H3,(H,21,23)/t13-/m0/s1. The molecule has 2 aromatic rings. The van der Waals surface area contributed by atoms with Gasteiger partial charge >= 0.3 is 11.9 Å². The first-order valence-corrected chi connectivity index (χ1v) is 10.3. The van der Waals surface area contributed by atoms with Crippen LogP contribution in [0, 0.1) is 6.92 Å². The third-order valence-corrected chi connectivity index (χ3v) is 5.66. The summed E-state index contributed by atoms with van der Waals surface area (Å²) in [6.45, 7) is 3.19. The summed E-state index contributed by atoms with van der Waals surface area (Å²) in [5, 5.41) is 2.48. The molecular weight excluding hydrogens is 412 g/mol. The van der Waals surface area contributed by atoms with Gasteiger partial charge in [-0.1, -0.05) is 17.7 Å². The molecule has 0 radical (unpaired) electrons. The molecule has 1 atom stereocenters. The third kappa shape index (κ3) is 5.65. The number of sulfonamides is 1. The summed E-state index contributed by atoms with van der Waals surface area (Å²) in [6.07, 6.45) is 0. The van der Waals surface area contributed by atoms with Crippen LogP contribution in [0.3, 0.4) is 0 Å². The van der Waals surface area contributed by atoms with E-state index in [0.717, 1.165) is 5.56 Å². The molecule has 9 nitrogen and oxygen atoms in total. The minimum atomic E-state index is -3.92. The lowest BCUT2D eigenvalue weighted by Crippen LogP contribution is -2.41. The number of aryl methyl sites for hydroxylation is 1. The fraction of sp³-hybridized carbons (Fsp3) is 0.250. The van der Waals surface area contributed by atoms with Gasteiger partial charge in [0.1, 0.15) is 0 Å². The maximum absolute atomic E-state index is 12.5. The largest absolute Gasteiger partial charge is 0.465 e. The van der Waals surface area contributed by atoms with Crippen molar-refractivity contribution in [3.63, 3.8) is 0 Å². The fourth-order valence-electron chi connectivity index (χ4n) is 2.49. The molecule has 160 valence electrons. The highest BCUT2D eigenvalue weighted by Gasteiger charge is 2.23. The van der Waals surface area contributed by atoms with Crippen molar-refractivity contribution in [1.29, 1.82) is 0 Å². The van der Waals surface area contributed by atoms with Crippen LogP contribution < -0.4 is 10.0 Å². The fourth-order valence-corrected chi connectivity index (χ4v) is 3.70. The summed E-state index contributed by atoms with van der Waals surface area (Å²) in [5.41, 5.74) is 1.03. The second kappa shape index (κ2) is 9.51. The normalized spacial score (nSPS) is 12.0. The van der Waals surface area contributed by atoms with E-state index in [4.69, 9.17) is 0 Å². The Kier molecular flexibility index (Phi) is 7.30. The van der Waals surface area contributed by atoms with E-state index in [9.17, 15) is 22.8 Å². The number of hydrogen-bond donors (Lipinski definition) is 2. The average Bonchev–Trinajstić information content (AvgIpc) is 2.72. The number of esters is 2. The molecule has 30 heavy (non-hydrogen) atoms. The molecule has 0 unspecified atom stereocenters. The van der Waals surface area contributed by atoms with Gasteiger partial charge in [-0.3, -0.25) is 4.79 Å². The highest BCUT2D eigenvalue weighted by atomic mass is 32.2. The van der Waals surface area contributed by atoms with Crippen LogP contribution in [-0.4, -0.2) is 46.5 Å². The van der Waals surface area contributed by atoms with E-state index in [1.807, 2.05) is 6.92 Å². The molecule has 2 N–H and O–H groups in total. The van der Waals surface area contributed by atoms with E-state index >= 15 is 0 Å². The highest BCUT2D eigenvalue weighted by molar-refractivity contribution is 7.89. The number of anilines is 1. The van der Waals surface area contributed by atoms with Gasteiger partial charge < -0.3 is 14.8 Å². The summed E-state index contributed by atoms with van der Waals surface area (Å²) in [7, 11) is -1.58. The second-order valence-corrected chi connectivity index (χ2v) is 8.14. The van der Waals surface area contributed by atoms with Gasteiger partial charge in [-0.05, 0) is 44.2 Å². The summed E-state index contributed by atoms with van der Waals surface area (Å²) in [5.74, 6) is -2.13. The molecule has 0 spiro atoms. The molecule has 0 bridgehead atoms. The van der Waals surface area contributed by atoms with E-state index in [1.54, 1.807) is 12.1 Å². The molecule has 2 rings (SSSR count). The number of nitrogens with one attached hydrogen (secondary N) is 2. The van der Waals surface area contributed by atoms with E-state index < -0.39 is 33.9 Å². The van der Waals surface area contributed by atoms with Crippen molar-refractivity contribution in [2.24, 2.45) is 0 Å². The molecule has 0 aliphatic carbocycles. The topological polar surface area (TPSA) is 128 Å². The van der Waals surface area contributed by atoms with Crippen molar-refractivity contribution in [2.75, 3.05) is 19.5 Å².